The van der Waals surface area contributed by atoms with E-state index < -0.39 is 0 Å². The average molecular weight is 301 g/mol. The minimum Gasteiger partial charge on any atom is -0.462 e. The average Bonchev–Trinajstić information content (AvgIpc) is 2.54. The summed E-state index contributed by atoms with van der Waals surface area (Å²) in [6, 6.07) is 3.75. The molecule has 3 heteroatoms. The molecule has 0 atom stereocenters. The van der Waals surface area contributed by atoms with E-state index in [9.17, 15) is 4.79 Å². The third kappa shape index (κ3) is 6.70. The number of pyridine rings is 1. The van der Waals surface area contributed by atoms with E-state index in [1.54, 1.807) is 25.3 Å². The smallest absolute Gasteiger partial charge is 0.333 e. The molecule has 0 aliphatic carbocycles. The number of nitrogens with zero attached hydrogens (tertiary/aromatic N) is 1. The maximum atomic E-state index is 11.9. The van der Waals surface area contributed by atoms with Gasteiger partial charge in [0.25, 0.3) is 0 Å². The first kappa shape index (κ1) is 18.1. The van der Waals surface area contributed by atoms with Crippen molar-refractivity contribution < 1.29 is 9.53 Å². The third-order valence-corrected chi connectivity index (χ3v) is 3.49. The highest BCUT2D eigenvalue weighted by Gasteiger charge is 2.07. The van der Waals surface area contributed by atoms with Crippen LogP contribution in [0.2, 0.25) is 0 Å². The van der Waals surface area contributed by atoms with Gasteiger partial charge in [0, 0.05) is 17.3 Å². The summed E-state index contributed by atoms with van der Waals surface area (Å²) in [4.78, 5) is 16.2. The molecule has 0 amide bonds. The van der Waals surface area contributed by atoms with Crippen molar-refractivity contribution in [3.05, 3.63) is 41.7 Å². The van der Waals surface area contributed by atoms with Crippen LogP contribution in [0.4, 0.5) is 0 Å². The molecule has 0 aliphatic rings. The van der Waals surface area contributed by atoms with Gasteiger partial charge in [0.1, 0.15) is 0 Å². The minimum absolute atomic E-state index is 0.257. The molecular formula is C19H27NO2. The zero-order chi connectivity index (χ0) is 16.2. The van der Waals surface area contributed by atoms with E-state index in [1.165, 1.54) is 25.7 Å². The molecule has 0 N–H and O–H groups in total. The Morgan fingerprint density at radius 2 is 2.00 bits per heavy atom. The van der Waals surface area contributed by atoms with Crippen molar-refractivity contribution in [2.24, 2.45) is 0 Å². The molecule has 0 fully saturated rings. The molecule has 0 aliphatic heterocycles. The Bertz CT molecular complexity index is 506. The Labute approximate surface area is 134 Å². The van der Waals surface area contributed by atoms with Crippen molar-refractivity contribution in [1.29, 1.82) is 0 Å². The number of carbonyl (C=O) groups excluding carboxylic acids is 1. The zero-order valence-electron chi connectivity index (χ0n) is 13.8. The van der Waals surface area contributed by atoms with Crippen molar-refractivity contribution in [1.82, 2.24) is 4.98 Å². The second-order valence-corrected chi connectivity index (χ2v) is 5.41. The van der Waals surface area contributed by atoms with Gasteiger partial charge in [-0.25, -0.2) is 4.79 Å². The molecular weight excluding hydrogens is 274 g/mol. The van der Waals surface area contributed by atoms with Crippen LogP contribution in [-0.4, -0.2) is 17.6 Å². The molecule has 3 nitrogen and oxygen atoms in total. The number of unbranched alkanes of at least 4 members (excludes halogenated alkanes) is 5. The molecule has 1 aromatic heterocycles. The standard InChI is InChI=1S/C19H27NO2/c1-4-6-7-8-9-10-14-22-19(21)16(3)15-17-12-11-13-20-18(17)5-2/h5,11-13,15H,2,4,6-10,14H2,1,3H3/b16-15+. The van der Waals surface area contributed by atoms with Crippen LogP contribution in [0.1, 0.15) is 63.6 Å². The van der Waals surface area contributed by atoms with Gasteiger partial charge in [0.2, 0.25) is 0 Å². The molecule has 1 rings (SSSR count). The normalized spacial score (nSPS) is 11.3. The monoisotopic (exact) mass is 301 g/mol. The van der Waals surface area contributed by atoms with Crippen molar-refractivity contribution in [2.75, 3.05) is 6.61 Å². The Morgan fingerprint density at radius 1 is 1.27 bits per heavy atom. The van der Waals surface area contributed by atoms with Crippen LogP contribution in [-0.2, 0) is 9.53 Å². The van der Waals surface area contributed by atoms with E-state index in [0.29, 0.717) is 12.2 Å². The predicted molar refractivity (Wildman–Crippen MR) is 92.3 cm³/mol. The molecule has 1 heterocycles. The van der Waals surface area contributed by atoms with E-state index in [2.05, 4.69) is 18.5 Å². The summed E-state index contributed by atoms with van der Waals surface area (Å²) >= 11 is 0. The zero-order valence-corrected chi connectivity index (χ0v) is 13.8. The molecule has 1 aromatic rings. The summed E-state index contributed by atoms with van der Waals surface area (Å²) in [5, 5.41) is 0. The second kappa shape index (κ2) is 10.8. The Hall–Kier alpha value is -1.90. The van der Waals surface area contributed by atoms with Crippen molar-refractivity contribution in [2.45, 2.75) is 52.4 Å². The van der Waals surface area contributed by atoms with Crippen LogP contribution in [0.15, 0.2) is 30.5 Å². The number of hydrogen-bond donors (Lipinski definition) is 0. The van der Waals surface area contributed by atoms with Gasteiger partial charge in [-0.3, -0.25) is 4.98 Å². The Balaban J connectivity index is 2.38. The molecule has 120 valence electrons. The Morgan fingerprint density at radius 3 is 2.73 bits per heavy atom. The number of carbonyl (C=O) groups is 1. The second-order valence-electron chi connectivity index (χ2n) is 5.41. The predicted octanol–water partition coefficient (Wildman–Crippen LogP) is 5.03. The number of esters is 1. The third-order valence-electron chi connectivity index (χ3n) is 3.49. The molecule has 0 aromatic carbocycles. The van der Waals surface area contributed by atoms with Gasteiger partial charge in [0.15, 0.2) is 0 Å². The fourth-order valence-electron chi connectivity index (χ4n) is 2.18. The van der Waals surface area contributed by atoms with Crippen LogP contribution in [0.5, 0.6) is 0 Å². The first-order valence-corrected chi connectivity index (χ1v) is 8.12. The van der Waals surface area contributed by atoms with Gasteiger partial charge in [-0.2, -0.15) is 0 Å². The van der Waals surface area contributed by atoms with Crippen molar-refractivity contribution in [3.63, 3.8) is 0 Å². The van der Waals surface area contributed by atoms with Gasteiger partial charge in [-0.15, -0.1) is 0 Å². The van der Waals surface area contributed by atoms with Crippen LogP contribution >= 0.6 is 0 Å². The number of aromatic nitrogens is 1. The van der Waals surface area contributed by atoms with Crippen LogP contribution in [0, 0.1) is 0 Å². The maximum Gasteiger partial charge on any atom is 0.333 e. The minimum atomic E-state index is -0.257. The molecule has 0 radical (unpaired) electrons. The van der Waals surface area contributed by atoms with Crippen molar-refractivity contribution >= 4 is 18.1 Å². The lowest BCUT2D eigenvalue weighted by atomic mass is 10.1. The molecule has 22 heavy (non-hydrogen) atoms. The first-order chi connectivity index (χ1) is 10.7. The number of hydrogen-bond acceptors (Lipinski definition) is 3. The lowest BCUT2D eigenvalue weighted by Gasteiger charge is -2.06. The number of rotatable bonds is 10. The lowest BCUT2D eigenvalue weighted by molar-refractivity contribution is -0.139. The molecule has 0 unspecified atom stereocenters. The van der Waals surface area contributed by atoms with Crippen LogP contribution < -0.4 is 0 Å². The van der Waals surface area contributed by atoms with Gasteiger partial charge < -0.3 is 4.74 Å². The maximum absolute atomic E-state index is 11.9. The van der Waals surface area contributed by atoms with Gasteiger partial charge in [0.05, 0.1) is 12.3 Å². The molecule has 0 saturated heterocycles. The fourth-order valence-corrected chi connectivity index (χ4v) is 2.18. The highest BCUT2D eigenvalue weighted by atomic mass is 16.5. The van der Waals surface area contributed by atoms with E-state index in [0.717, 1.165) is 24.1 Å². The summed E-state index contributed by atoms with van der Waals surface area (Å²) < 4.78 is 5.30. The molecule has 0 bridgehead atoms. The summed E-state index contributed by atoms with van der Waals surface area (Å²) in [6.45, 7) is 8.20. The van der Waals surface area contributed by atoms with Gasteiger partial charge >= 0.3 is 5.97 Å². The highest BCUT2D eigenvalue weighted by molar-refractivity contribution is 5.93. The lowest BCUT2D eigenvalue weighted by Crippen LogP contribution is -2.07. The number of ether oxygens (including phenoxy) is 1. The first-order valence-electron chi connectivity index (χ1n) is 8.12. The van der Waals surface area contributed by atoms with Gasteiger partial charge in [-0.05, 0) is 31.6 Å². The van der Waals surface area contributed by atoms with Crippen molar-refractivity contribution in [3.8, 4) is 0 Å². The fraction of sp³-hybridized carbons (Fsp3) is 0.474. The summed E-state index contributed by atoms with van der Waals surface area (Å²) in [5.41, 5.74) is 2.24. The van der Waals surface area contributed by atoms with E-state index in [1.807, 2.05) is 12.1 Å². The SMILES string of the molecule is C=Cc1ncccc1/C=C(\C)C(=O)OCCCCCCCC. The summed E-state index contributed by atoms with van der Waals surface area (Å²) in [6.07, 6.45) is 12.3. The van der Waals surface area contributed by atoms with E-state index in [-0.39, 0.29) is 5.97 Å². The molecule has 0 saturated carbocycles. The van der Waals surface area contributed by atoms with E-state index >= 15 is 0 Å². The highest BCUT2D eigenvalue weighted by Crippen LogP contribution is 2.13. The van der Waals surface area contributed by atoms with Crippen LogP contribution in [0.25, 0.3) is 12.2 Å². The summed E-state index contributed by atoms with van der Waals surface area (Å²) in [5.74, 6) is -0.257. The van der Waals surface area contributed by atoms with Gasteiger partial charge in [-0.1, -0.05) is 51.7 Å². The van der Waals surface area contributed by atoms with Crippen LogP contribution in [0.3, 0.4) is 0 Å². The Kier molecular flexibility index (Phi) is 8.89. The largest absolute Gasteiger partial charge is 0.462 e. The van der Waals surface area contributed by atoms with E-state index in [4.69, 9.17) is 4.74 Å². The summed E-state index contributed by atoms with van der Waals surface area (Å²) in [7, 11) is 0. The topological polar surface area (TPSA) is 39.2 Å². The molecule has 0 spiro atoms. The quantitative estimate of drug-likeness (QED) is 0.345.